The zero-order valence-electron chi connectivity index (χ0n) is 38.0. The number of hydrogen-bond donors (Lipinski definition) is 7. The molecule has 14 heteroatoms. The number of allylic oxidation sites excluding steroid dienone is 12. The van der Waals surface area contributed by atoms with Crippen LogP contribution in [0.5, 0.6) is 0 Å². The number of esters is 1. The molecule has 0 radical (unpaired) electrons. The second-order valence-electron chi connectivity index (χ2n) is 16.2. The lowest BCUT2D eigenvalue weighted by molar-refractivity contribution is -0.332. The van der Waals surface area contributed by atoms with Crippen molar-refractivity contribution in [2.24, 2.45) is 0 Å². The molecule has 0 saturated carbocycles. The Balaban J connectivity index is 1.78. The second kappa shape index (κ2) is 36.6. The maximum atomic E-state index is 12.9. The molecule has 0 bridgehead atoms. The van der Waals surface area contributed by atoms with Gasteiger partial charge in [0.15, 0.2) is 12.6 Å². The van der Waals surface area contributed by atoms with E-state index in [1.807, 2.05) is 0 Å². The Morgan fingerprint density at radius 1 is 0.540 bits per heavy atom. The van der Waals surface area contributed by atoms with Crippen LogP contribution in [0.15, 0.2) is 72.9 Å². The van der Waals surface area contributed by atoms with Gasteiger partial charge in [0.1, 0.15) is 54.9 Å². The maximum Gasteiger partial charge on any atom is 0.306 e. The van der Waals surface area contributed by atoms with Gasteiger partial charge >= 0.3 is 5.97 Å². The minimum absolute atomic E-state index is 0.0401. The summed E-state index contributed by atoms with van der Waals surface area (Å²) in [7, 11) is 0. The van der Waals surface area contributed by atoms with E-state index in [2.05, 4.69) is 86.8 Å². The number of unbranched alkanes of at least 4 members (excludes halogenated alkanes) is 9. The minimum Gasteiger partial charge on any atom is -0.457 e. The van der Waals surface area contributed by atoms with Gasteiger partial charge in [-0.2, -0.15) is 0 Å². The van der Waals surface area contributed by atoms with Gasteiger partial charge in [-0.15, -0.1) is 0 Å². The molecule has 11 unspecified atom stereocenters. The fourth-order valence-electron chi connectivity index (χ4n) is 6.87. The van der Waals surface area contributed by atoms with Gasteiger partial charge in [-0.05, 0) is 64.2 Å². The average Bonchev–Trinajstić information content (AvgIpc) is 3.28. The molecule has 2 aliphatic rings. The molecule has 63 heavy (non-hydrogen) atoms. The third-order valence-electron chi connectivity index (χ3n) is 10.7. The van der Waals surface area contributed by atoms with E-state index in [-0.39, 0.29) is 19.6 Å². The zero-order chi connectivity index (χ0) is 45.9. The van der Waals surface area contributed by atoms with E-state index in [9.17, 15) is 40.5 Å². The van der Waals surface area contributed by atoms with Crippen molar-refractivity contribution in [3.63, 3.8) is 0 Å². The molecule has 0 aromatic carbocycles. The summed E-state index contributed by atoms with van der Waals surface area (Å²) in [5.74, 6) is -0.423. The van der Waals surface area contributed by atoms with Crippen LogP contribution < -0.4 is 0 Å². The number of aliphatic hydroxyl groups is 7. The van der Waals surface area contributed by atoms with Gasteiger partial charge in [-0.3, -0.25) is 4.79 Å². The standard InChI is InChI=1S/C49H82O14/c1-3-5-7-9-11-13-14-15-16-17-18-19-20-21-22-23-24-25-26-28-30-32-41(51)61-38(35-58-33-31-29-27-12-10-8-6-4-2)36-59-48-47(57)45(55)43(53)40(63-48)37-60-49-46(56)44(54)42(52)39(34-50)62-49/h5,7,11,13,15-16,18-19,21-22,24-25,38-40,42-50,52-57H,3-4,6,8-10,12,14,17,20,23,26-37H2,1-2H3/b7-5-,13-11-,16-15-,19-18-,22-21-,25-24-. The highest BCUT2D eigenvalue weighted by molar-refractivity contribution is 5.69. The zero-order valence-corrected chi connectivity index (χ0v) is 38.0. The number of rotatable bonds is 35. The van der Waals surface area contributed by atoms with Gasteiger partial charge in [-0.25, -0.2) is 0 Å². The van der Waals surface area contributed by atoms with Crippen molar-refractivity contribution in [3.05, 3.63) is 72.9 Å². The molecule has 0 aromatic heterocycles. The Bertz CT molecular complexity index is 1310. The first-order valence-electron chi connectivity index (χ1n) is 23.5. The Hall–Kier alpha value is -2.57. The van der Waals surface area contributed by atoms with Crippen molar-refractivity contribution in [2.75, 3.05) is 33.0 Å². The molecule has 2 rings (SSSR count). The van der Waals surface area contributed by atoms with Crippen LogP contribution in [0, 0.1) is 0 Å². The summed E-state index contributed by atoms with van der Waals surface area (Å²) in [5, 5.41) is 71.9. The highest BCUT2D eigenvalue weighted by atomic mass is 16.7. The smallest absolute Gasteiger partial charge is 0.306 e. The van der Waals surface area contributed by atoms with Crippen LogP contribution in [0.25, 0.3) is 0 Å². The summed E-state index contributed by atoms with van der Waals surface area (Å²) in [5.41, 5.74) is 0. The first-order chi connectivity index (χ1) is 30.6. The fourth-order valence-corrected chi connectivity index (χ4v) is 6.87. The molecule has 0 amide bonds. The highest BCUT2D eigenvalue weighted by Crippen LogP contribution is 2.26. The molecular weight excluding hydrogens is 813 g/mol. The largest absolute Gasteiger partial charge is 0.457 e. The summed E-state index contributed by atoms with van der Waals surface area (Å²) in [6.07, 6.45) is 27.0. The fraction of sp³-hybridized carbons (Fsp3) is 0.735. The molecule has 14 nitrogen and oxygen atoms in total. The van der Waals surface area contributed by atoms with Crippen LogP contribution in [0.3, 0.4) is 0 Å². The number of aliphatic hydroxyl groups excluding tert-OH is 7. The van der Waals surface area contributed by atoms with Crippen molar-refractivity contribution < 1.29 is 69.0 Å². The third kappa shape index (κ3) is 25.1. The molecule has 2 fully saturated rings. The minimum atomic E-state index is -1.72. The Morgan fingerprint density at radius 2 is 1.03 bits per heavy atom. The van der Waals surface area contributed by atoms with Crippen LogP contribution in [-0.2, 0) is 33.2 Å². The van der Waals surface area contributed by atoms with E-state index in [0.717, 1.165) is 70.6 Å². The van der Waals surface area contributed by atoms with Gasteiger partial charge in [0.05, 0.1) is 26.4 Å². The number of hydrogen-bond acceptors (Lipinski definition) is 14. The number of carbonyl (C=O) groups excluding carboxylic acids is 1. The van der Waals surface area contributed by atoms with E-state index < -0.39 is 86.7 Å². The summed E-state index contributed by atoms with van der Waals surface area (Å²) in [6.45, 7) is 3.45. The molecule has 2 saturated heterocycles. The van der Waals surface area contributed by atoms with Crippen molar-refractivity contribution in [1.29, 1.82) is 0 Å². The van der Waals surface area contributed by atoms with Gasteiger partial charge in [0.2, 0.25) is 0 Å². The van der Waals surface area contributed by atoms with Gasteiger partial charge < -0.3 is 64.2 Å². The molecule has 0 aromatic rings. The van der Waals surface area contributed by atoms with Crippen LogP contribution in [0.2, 0.25) is 0 Å². The maximum absolute atomic E-state index is 12.9. The monoisotopic (exact) mass is 895 g/mol. The summed E-state index contributed by atoms with van der Waals surface area (Å²) < 4.78 is 34.0. The van der Waals surface area contributed by atoms with Gasteiger partial charge in [0, 0.05) is 13.0 Å². The van der Waals surface area contributed by atoms with Crippen molar-refractivity contribution in [1.82, 2.24) is 0 Å². The van der Waals surface area contributed by atoms with Crippen LogP contribution in [0.1, 0.15) is 129 Å². The lowest BCUT2D eigenvalue weighted by Crippen LogP contribution is -2.61. The number of carbonyl (C=O) groups is 1. The lowest BCUT2D eigenvalue weighted by atomic mass is 9.98. The summed E-state index contributed by atoms with van der Waals surface area (Å²) in [4.78, 5) is 12.9. The lowest BCUT2D eigenvalue weighted by Gasteiger charge is -2.42. The van der Waals surface area contributed by atoms with Crippen molar-refractivity contribution >= 4 is 5.97 Å². The van der Waals surface area contributed by atoms with Crippen LogP contribution >= 0.6 is 0 Å². The highest BCUT2D eigenvalue weighted by Gasteiger charge is 2.47. The second-order valence-corrected chi connectivity index (χ2v) is 16.2. The molecule has 7 N–H and O–H groups in total. The Morgan fingerprint density at radius 3 is 1.59 bits per heavy atom. The molecule has 11 atom stereocenters. The Kier molecular flexibility index (Phi) is 32.9. The van der Waals surface area contributed by atoms with Crippen LogP contribution in [0.4, 0.5) is 0 Å². The summed E-state index contributed by atoms with van der Waals surface area (Å²) in [6, 6.07) is 0. The van der Waals surface area contributed by atoms with Gasteiger partial charge in [-0.1, -0.05) is 132 Å². The normalized spacial score (nSPS) is 27.6. The van der Waals surface area contributed by atoms with E-state index in [1.165, 1.54) is 32.1 Å². The van der Waals surface area contributed by atoms with Crippen molar-refractivity contribution in [2.45, 2.75) is 197 Å². The van der Waals surface area contributed by atoms with E-state index in [4.69, 9.17) is 28.4 Å². The Labute approximate surface area is 377 Å². The molecular formula is C49H82O14. The van der Waals surface area contributed by atoms with Crippen LogP contribution in [-0.4, -0.2) is 142 Å². The topological polar surface area (TPSA) is 214 Å². The molecule has 362 valence electrons. The van der Waals surface area contributed by atoms with E-state index in [1.54, 1.807) is 0 Å². The van der Waals surface area contributed by atoms with E-state index in [0.29, 0.717) is 13.0 Å². The predicted molar refractivity (Wildman–Crippen MR) is 242 cm³/mol. The molecule has 2 heterocycles. The quantitative estimate of drug-likeness (QED) is 0.0223. The molecule has 0 aliphatic carbocycles. The SMILES string of the molecule is CC/C=C\C/C=C\C/C=C\C/C=C\C/C=C\C/C=C\CCCCC(=O)OC(COCCCCCCCCCC)COC1OC(COC2OC(CO)C(O)C(O)C2O)C(O)C(O)C1O. The number of ether oxygens (including phenoxy) is 6. The van der Waals surface area contributed by atoms with Crippen molar-refractivity contribution in [3.8, 4) is 0 Å². The van der Waals surface area contributed by atoms with E-state index >= 15 is 0 Å². The molecule has 2 aliphatic heterocycles. The third-order valence-corrected chi connectivity index (χ3v) is 10.7. The van der Waals surface area contributed by atoms with Gasteiger partial charge in [0.25, 0.3) is 0 Å². The molecule has 0 spiro atoms. The first-order valence-corrected chi connectivity index (χ1v) is 23.5. The average molecular weight is 895 g/mol. The summed E-state index contributed by atoms with van der Waals surface area (Å²) >= 11 is 0. The predicted octanol–water partition coefficient (Wildman–Crippen LogP) is 5.95. The first kappa shape index (κ1) is 56.6.